The second kappa shape index (κ2) is 5.37. The summed E-state index contributed by atoms with van der Waals surface area (Å²) in [5.41, 5.74) is 6.19. The molecule has 0 saturated heterocycles. The highest BCUT2D eigenvalue weighted by atomic mass is 16.6. The number of rotatable bonds is 4. The molecule has 0 radical (unpaired) electrons. The Hall–Kier alpha value is -1.29. The van der Waals surface area contributed by atoms with Crippen molar-refractivity contribution < 1.29 is 9.53 Å². The molecule has 0 spiro atoms. The summed E-state index contributed by atoms with van der Waals surface area (Å²) in [5.74, 6) is 0.343. The number of nitrogens with two attached hydrogens (primary N) is 1. The average Bonchev–Trinajstić information content (AvgIpc) is 1.98. The summed E-state index contributed by atoms with van der Waals surface area (Å²) in [7, 11) is 0. The Bertz CT molecular complexity index is 224. The first kappa shape index (κ1) is 11.7. The zero-order valence-electron chi connectivity index (χ0n) is 8.09. The van der Waals surface area contributed by atoms with E-state index in [1.54, 1.807) is 13.8 Å². The van der Waals surface area contributed by atoms with E-state index in [2.05, 4.69) is 18.5 Å². The molecule has 0 rings (SSSR count). The number of amides is 1. The van der Waals surface area contributed by atoms with Gasteiger partial charge in [0.15, 0.2) is 0 Å². The van der Waals surface area contributed by atoms with Crippen LogP contribution in [0.5, 0.6) is 0 Å². The largest absolute Gasteiger partial charge is 0.416 e. The lowest BCUT2D eigenvalue weighted by Crippen LogP contribution is -2.40. The molecule has 0 aliphatic carbocycles. The van der Waals surface area contributed by atoms with Crippen molar-refractivity contribution in [3.05, 3.63) is 24.5 Å². The number of ether oxygens (including phenoxy) is 1. The van der Waals surface area contributed by atoms with E-state index in [9.17, 15) is 4.79 Å². The first-order valence-corrected chi connectivity index (χ1v) is 3.96. The van der Waals surface area contributed by atoms with Gasteiger partial charge in [-0.2, -0.15) is 0 Å². The van der Waals surface area contributed by atoms with E-state index in [1.807, 2.05) is 0 Å². The molecule has 3 N–H and O–H groups in total. The highest BCUT2D eigenvalue weighted by molar-refractivity contribution is 5.69. The van der Waals surface area contributed by atoms with E-state index in [-0.39, 0.29) is 6.04 Å². The Morgan fingerprint density at radius 1 is 1.54 bits per heavy atom. The Balaban J connectivity index is 4.01. The zero-order chi connectivity index (χ0) is 10.4. The maximum absolute atomic E-state index is 11.0. The number of allylic oxidation sites excluding steroid dienone is 1. The van der Waals surface area contributed by atoms with Gasteiger partial charge in [-0.3, -0.25) is 0 Å². The molecule has 1 atom stereocenters. The van der Waals surface area contributed by atoms with Gasteiger partial charge in [-0.25, -0.2) is 4.79 Å². The fraction of sp³-hybridized carbons (Fsp3) is 0.444. The van der Waals surface area contributed by atoms with Crippen LogP contribution in [0.1, 0.15) is 13.8 Å². The summed E-state index contributed by atoms with van der Waals surface area (Å²) in [6, 6.07) is -0.244. The van der Waals surface area contributed by atoms with Crippen LogP contribution in [-0.2, 0) is 4.74 Å². The highest BCUT2D eigenvalue weighted by Crippen LogP contribution is 1.98. The van der Waals surface area contributed by atoms with E-state index in [0.29, 0.717) is 12.3 Å². The Labute approximate surface area is 78.4 Å². The van der Waals surface area contributed by atoms with Crippen LogP contribution in [0.4, 0.5) is 4.79 Å². The number of hydrogen-bond acceptors (Lipinski definition) is 3. The second-order valence-electron chi connectivity index (χ2n) is 2.87. The van der Waals surface area contributed by atoms with Crippen LogP contribution in [0, 0.1) is 0 Å². The summed E-state index contributed by atoms with van der Waals surface area (Å²) in [4.78, 5) is 11.0. The number of carbonyl (C=O) groups is 1. The van der Waals surface area contributed by atoms with Gasteiger partial charge in [0.1, 0.15) is 0 Å². The van der Waals surface area contributed by atoms with Gasteiger partial charge in [0.2, 0.25) is 0 Å². The molecule has 0 bridgehead atoms. The van der Waals surface area contributed by atoms with Gasteiger partial charge in [0.25, 0.3) is 0 Å². The smallest absolute Gasteiger partial charge is 0.412 e. The summed E-state index contributed by atoms with van der Waals surface area (Å²) in [6.45, 7) is 10.8. The van der Waals surface area contributed by atoms with Gasteiger partial charge in [0, 0.05) is 6.54 Å². The van der Waals surface area contributed by atoms with Gasteiger partial charge in [-0.1, -0.05) is 18.7 Å². The maximum Gasteiger partial charge on any atom is 0.412 e. The summed E-state index contributed by atoms with van der Waals surface area (Å²) >= 11 is 0. The first-order chi connectivity index (χ1) is 5.97. The number of alkyl carbamates (subject to hydrolysis) is 1. The highest BCUT2D eigenvalue weighted by Gasteiger charge is 2.11. The van der Waals surface area contributed by atoms with Crippen LogP contribution < -0.4 is 11.1 Å². The molecule has 0 aromatic rings. The van der Waals surface area contributed by atoms with E-state index in [0.717, 1.165) is 5.57 Å². The van der Waals surface area contributed by atoms with Crippen molar-refractivity contribution in [3.8, 4) is 0 Å². The predicted octanol–water partition coefficient (Wildman–Crippen LogP) is 1.15. The van der Waals surface area contributed by atoms with Crippen molar-refractivity contribution in [1.29, 1.82) is 0 Å². The Morgan fingerprint density at radius 3 is 2.38 bits per heavy atom. The van der Waals surface area contributed by atoms with Gasteiger partial charge < -0.3 is 15.8 Å². The normalized spacial score (nSPS) is 11.6. The van der Waals surface area contributed by atoms with Crippen LogP contribution in [0.2, 0.25) is 0 Å². The van der Waals surface area contributed by atoms with Gasteiger partial charge in [-0.15, -0.1) is 0 Å². The molecule has 13 heavy (non-hydrogen) atoms. The third kappa shape index (κ3) is 5.03. The fourth-order valence-corrected chi connectivity index (χ4v) is 0.713. The standard InChI is InChI=1S/C9H16N2O2/c1-6(2)8(5-10)11-9(12)13-7(3)4/h8H,1,3,5,10H2,2,4H3,(H,11,12)/t8-/m1/s1. The first-order valence-electron chi connectivity index (χ1n) is 3.96. The topological polar surface area (TPSA) is 64.3 Å². The number of hydrogen-bond donors (Lipinski definition) is 2. The lowest BCUT2D eigenvalue weighted by atomic mass is 10.1. The molecular weight excluding hydrogens is 168 g/mol. The Kier molecular flexibility index (Phi) is 4.84. The fourth-order valence-electron chi connectivity index (χ4n) is 0.713. The van der Waals surface area contributed by atoms with Crippen LogP contribution in [0.25, 0.3) is 0 Å². The third-order valence-electron chi connectivity index (χ3n) is 1.39. The molecule has 74 valence electrons. The summed E-state index contributed by atoms with van der Waals surface area (Å²) < 4.78 is 4.69. The van der Waals surface area contributed by atoms with Crippen LogP contribution in [0.15, 0.2) is 24.5 Å². The van der Waals surface area contributed by atoms with Crippen molar-refractivity contribution >= 4 is 6.09 Å². The summed E-state index contributed by atoms with van der Waals surface area (Å²) in [5, 5.41) is 2.55. The molecular formula is C9H16N2O2. The molecule has 0 heterocycles. The minimum absolute atomic E-state index is 0.244. The lowest BCUT2D eigenvalue weighted by Gasteiger charge is -2.16. The second-order valence-corrected chi connectivity index (χ2v) is 2.87. The van der Waals surface area contributed by atoms with E-state index >= 15 is 0 Å². The lowest BCUT2D eigenvalue weighted by molar-refractivity contribution is 0.174. The molecule has 1 amide bonds. The van der Waals surface area contributed by atoms with Gasteiger partial charge in [-0.05, 0) is 13.8 Å². The molecule has 0 aromatic heterocycles. The summed E-state index contributed by atoms with van der Waals surface area (Å²) in [6.07, 6.45) is -0.550. The molecule has 0 aromatic carbocycles. The maximum atomic E-state index is 11.0. The number of nitrogens with one attached hydrogen (secondary N) is 1. The molecule has 0 fully saturated rings. The molecule has 0 unspecified atom stereocenters. The quantitative estimate of drug-likeness (QED) is 0.509. The van der Waals surface area contributed by atoms with Gasteiger partial charge in [0.05, 0.1) is 11.8 Å². The minimum Gasteiger partial charge on any atom is -0.416 e. The SMILES string of the molecule is C=C(C)OC(=O)N[C@H](CN)C(=C)C. The molecule has 4 heteroatoms. The van der Waals surface area contributed by atoms with Crippen molar-refractivity contribution in [2.75, 3.05) is 6.54 Å². The Morgan fingerprint density at radius 2 is 2.08 bits per heavy atom. The third-order valence-corrected chi connectivity index (χ3v) is 1.39. The average molecular weight is 184 g/mol. The van der Waals surface area contributed by atoms with Crippen molar-refractivity contribution in [1.82, 2.24) is 5.32 Å². The minimum atomic E-state index is -0.550. The van der Waals surface area contributed by atoms with Gasteiger partial charge >= 0.3 is 6.09 Å². The molecule has 0 saturated carbocycles. The van der Waals surface area contributed by atoms with Crippen LogP contribution in [-0.4, -0.2) is 18.7 Å². The van der Waals surface area contributed by atoms with E-state index in [1.165, 1.54) is 0 Å². The zero-order valence-corrected chi connectivity index (χ0v) is 8.09. The van der Waals surface area contributed by atoms with Crippen molar-refractivity contribution in [2.45, 2.75) is 19.9 Å². The van der Waals surface area contributed by atoms with E-state index < -0.39 is 6.09 Å². The molecule has 4 nitrogen and oxygen atoms in total. The van der Waals surface area contributed by atoms with Crippen LogP contribution >= 0.6 is 0 Å². The van der Waals surface area contributed by atoms with Crippen molar-refractivity contribution in [2.24, 2.45) is 5.73 Å². The van der Waals surface area contributed by atoms with Crippen molar-refractivity contribution in [3.63, 3.8) is 0 Å². The van der Waals surface area contributed by atoms with E-state index in [4.69, 9.17) is 10.5 Å². The number of carbonyl (C=O) groups excluding carboxylic acids is 1. The molecule has 0 aliphatic heterocycles. The monoisotopic (exact) mass is 184 g/mol. The van der Waals surface area contributed by atoms with Crippen LogP contribution in [0.3, 0.4) is 0 Å². The predicted molar refractivity (Wildman–Crippen MR) is 52.1 cm³/mol. The molecule has 0 aliphatic rings.